The molecule has 2 aliphatic heterocycles. The highest BCUT2D eigenvalue weighted by Crippen LogP contribution is 2.38. The molecule has 0 radical (unpaired) electrons. The number of amides is 2. The number of aromatic nitrogens is 1. The van der Waals surface area contributed by atoms with Crippen LogP contribution < -0.4 is 11.1 Å². The topological polar surface area (TPSA) is 183 Å². The lowest BCUT2D eigenvalue weighted by molar-refractivity contribution is -0.256. The summed E-state index contributed by atoms with van der Waals surface area (Å²) in [6, 6.07) is 7.72. The number of carbonyl (C=O) groups excluding carboxylic acids is 3. The lowest BCUT2D eigenvalue weighted by atomic mass is 9.93. The van der Waals surface area contributed by atoms with E-state index >= 15 is 0 Å². The molecule has 3 heterocycles. The maximum Gasteiger partial charge on any atom is 0.372 e. The number of thiazole rings is 1. The first kappa shape index (κ1) is 24.1. The number of hydroxylamine groups is 2. The van der Waals surface area contributed by atoms with Gasteiger partial charge in [0.1, 0.15) is 25.5 Å². The molecule has 4 N–H and O–H groups in total. The number of oxime groups is 1. The number of ether oxygens (including phenoxy) is 1. The molecule has 2 saturated heterocycles. The van der Waals surface area contributed by atoms with Gasteiger partial charge in [0.2, 0.25) is 0 Å². The van der Waals surface area contributed by atoms with Gasteiger partial charge in [-0.25, -0.2) is 9.78 Å². The van der Waals surface area contributed by atoms with Crippen molar-refractivity contribution in [2.45, 2.75) is 24.6 Å². The number of hydrogen-bond donors (Lipinski definition) is 3. The molecular weight excluding hydrogens is 482 g/mol. The summed E-state index contributed by atoms with van der Waals surface area (Å²) in [5, 5.41) is 18.2. The van der Waals surface area contributed by atoms with E-state index in [1.54, 1.807) is 24.3 Å². The Labute approximate surface area is 202 Å². The third-order valence-electron chi connectivity index (χ3n) is 5.45. The van der Waals surface area contributed by atoms with Crippen LogP contribution in [-0.4, -0.2) is 70.1 Å². The number of nitrogens with zero attached hydrogens (tertiary/aromatic N) is 3. The Balaban J connectivity index is 1.50. The highest BCUT2D eigenvalue weighted by atomic mass is 32.1. The Kier molecular flexibility index (Phi) is 6.66. The lowest BCUT2D eigenvalue weighted by Gasteiger charge is -2.30. The lowest BCUT2D eigenvalue weighted by Crippen LogP contribution is -2.57. The second-order valence-electron chi connectivity index (χ2n) is 7.75. The first-order chi connectivity index (χ1) is 16.7. The summed E-state index contributed by atoms with van der Waals surface area (Å²) >= 11 is 1.08. The fraction of sp³-hybridized carbons (Fsp3) is 0.333. The quantitative estimate of drug-likeness (QED) is 0.250. The number of aliphatic carboxylic acids is 1. The Morgan fingerprint density at radius 2 is 2.11 bits per heavy atom. The maximum absolute atomic E-state index is 13.1. The zero-order valence-corrected chi connectivity index (χ0v) is 19.2. The van der Waals surface area contributed by atoms with Gasteiger partial charge in [-0.15, -0.1) is 11.3 Å². The monoisotopic (exact) mass is 503 g/mol. The molecule has 1 aromatic heterocycles. The molecule has 14 heteroatoms. The van der Waals surface area contributed by atoms with Crippen LogP contribution in [0.25, 0.3) is 0 Å². The molecule has 4 rings (SSSR count). The molecule has 0 aliphatic carbocycles. The Bertz CT molecular complexity index is 1190. The van der Waals surface area contributed by atoms with Crippen LogP contribution in [0.1, 0.15) is 17.7 Å². The van der Waals surface area contributed by atoms with Crippen molar-refractivity contribution in [2.75, 3.05) is 19.5 Å². The first-order valence-corrected chi connectivity index (χ1v) is 11.2. The van der Waals surface area contributed by atoms with Crippen molar-refractivity contribution >= 4 is 45.9 Å². The molecule has 13 nitrogen and oxygen atoms in total. The van der Waals surface area contributed by atoms with Crippen LogP contribution in [0.2, 0.25) is 0 Å². The number of anilines is 1. The van der Waals surface area contributed by atoms with E-state index in [9.17, 15) is 24.3 Å². The van der Waals surface area contributed by atoms with Gasteiger partial charge in [0, 0.05) is 11.8 Å². The van der Waals surface area contributed by atoms with E-state index < -0.39 is 41.4 Å². The standard InChI is InChI=1S/C21H21N5O8S/c1-32-25-15(14-10-35-20(22)24-14)16(27)23-13-9-33-26(17(13)28)21(19(30)31)8-12(18(29)34-21)7-11-5-3-2-4-6-11/h2-6,10,12-13H,7-9H2,1H3,(H2,22,24)(H,23,27)(H,30,31)/b25-15-/t12?,13-,21?/m0/s1. The minimum Gasteiger partial charge on any atom is -0.477 e. The van der Waals surface area contributed by atoms with Gasteiger partial charge in [-0.3, -0.25) is 19.2 Å². The minimum atomic E-state index is -2.36. The summed E-state index contributed by atoms with van der Waals surface area (Å²) in [5.41, 5.74) is 3.94. The molecule has 0 bridgehead atoms. The zero-order chi connectivity index (χ0) is 25.2. The molecule has 35 heavy (non-hydrogen) atoms. The van der Waals surface area contributed by atoms with Crippen LogP contribution in [-0.2, 0) is 40.0 Å². The Morgan fingerprint density at radius 1 is 1.37 bits per heavy atom. The van der Waals surface area contributed by atoms with Crippen molar-refractivity contribution < 1.29 is 38.7 Å². The van der Waals surface area contributed by atoms with Crippen molar-refractivity contribution in [1.82, 2.24) is 15.4 Å². The number of nitrogen functional groups attached to an aromatic ring is 1. The van der Waals surface area contributed by atoms with Gasteiger partial charge < -0.3 is 25.7 Å². The minimum absolute atomic E-state index is 0.130. The summed E-state index contributed by atoms with van der Waals surface area (Å²) in [6.45, 7) is -0.389. The number of hydrogen-bond acceptors (Lipinski definition) is 11. The molecule has 3 atom stereocenters. The molecule has 0 saturated carbocycles. The third-order valence-corrected chi connectivity index (χ3v) is 6.12. The highest BCUT2D eigenvalue weighted by Gasteiger charge is 2.62. The molecule has 1 aromatic carbocycles. The average molecular weight is 503 g/mol. The first-order valence-electron chi connectivity index (χ1n) is 10.4. The van der Waals surface area contributed by atoms with Crippen molar-refractivity contribution in [1.29, 1.82) is 0 Å². The number of cyclic esters (lactones) is 1. The van der Waals surface area contributed by atoms with Gasteiger partial charge in [0.25, 0.3) is 11.8 Å². The number of carboxylic acids is 1. The van der Waals surface area contributed by atoms with E-state index in [-0.39, 0.29) is 36.0 Å². The SMILES string of the molecule is CO/N=C(\C(=O)N[C@H]1CON(C2(C(=O)O)CC(Cc3ccccc3)C(=O)O2)C1=O)c1csc(N)n1. The van der Waals surface area contributed by atoms with E-state index in [0.717, 1.165) is 16.9 Å². The number of nitrogens with two attached hydrogens (primary N) is 1. The average Bonchev–Trinajstić information content (AvgIpc) is 3.51. The van der Waals surface area contributed by atoms with Crippen LogP contribution in [0.3, 0.4) is 0 Å². The molecule has 2 amide bonds. The fourth-order valence-corrected chi connectivity index (χ4v) is 4.38. The highest BCUT2D eigenvalue weighted by molar-refractivity contribution is 7.13. The second-order valence-corrected chi connectivity index (χ2v) is 8.64. The molecular formula is C21H21N5O8S. The molecule has 0 spiro atoms. The van der Waals surface area contributed by atoms with Gasteiger partial charge >= 0.3 is 17.7 Å². The normalized spacial score (nSPS) is 24.4. The molecule has 184 valence electrons. The number of nitrogens with one attached hydrogen (secondary N) is 1. The van der Waals surface area contributed by atoms with E-state index in [2.05, 4.69) is 15.5 Å². The zero-order valence-electron chi connectivity index (χ0n) is 18.4. The predicted molar refractivity (Wildman–Crippen MR) is 120 cm³/mol. The summed E-state index contributed by atoms with van der Waals surface area (Å²) in [5.74, 6) is -4.87. The number of esters is 1. The maximum atomic E-state index is 13.1. The van der Waals surface area contributed by atoms with Gasteiger partial charge in [-0.2, -0.15) is 5.06 Å². The molecule has 2 fully saturated rings. The van der Waals surface area contributed by atoms with Crippen LogP contribution in [0.15, 0.2) is 40.9 Å². The fourth-order valence-electron chi connectivity index (χ4n) is 3.84. The van der Waals surface area contributed by atoms with Gasteiger partial charge in [-0.1, -0.05) is 35.5 Å². The van der Waals surface area contributed by atoms with Crippen molar-refractivity contribution in [3.05, 3.63) is 47.0 Å². The van der Waals surface area contributed by atoms with E-state index in [1.807, 2.05) is 6.07 Å². The smallest absolute Gasteiger partial charge is 0.372 e. The van der Waals surface area contributed by atoms with Gasteiger partial charge in [0.05, 0.1) is 5.92 Å². The second kappa shape index (κ2) is 9.68. The number of benzene rings is 1. The van der Waals surface area contributed by atoms with E-state index in [4.69, 9.17) is 20.1 Å². The van der Waals surface area contributed by atoms with Crippen LogP contribution in [0.4, 0.5) is 5.13 Å². The number of carbonyl (C=O) groups is 4. The van der Waals surface area contributed by atoms with Crippen LogP contribution in [0.5, 0.6) is 0 Å². The van der Waals surface area contributed by atoms with Crippen LogP contribution >= 0.6 is 11.3 Å². The summed E-state index contributed by atoms with van der Waals surface area (Å²) in [7, 11) is 1.23. The summed E-state index contributed by atoms with van der Waals surface area (Å²) in [4.78, 5) is 64.6. The predicted octanol–water partition coefficient (Wildman–Crippen LogP) is -0.0789. The van der Waals surface area contributed by atoms with Crippen molar-refractivity contribution in [2.24, 2.45) is 11.1 Å². The Morgan fingerprint density at radius 3 is 2.74 bits per heavy atom. The molecule has 2 aromatic rings. The van der Waals surface area contributed by atoms with Gasteiger partial charge in [-0.05, 0) is 12.0 Å². The third kappa shape index (κ3) is 4.65. The summed E-state index contributed by atoms with van der Waals surface area (Å²) < 4.78 is 5.22. The van der Waals surface area contributed by atoms with E-state index in [0.29, 0.717) is 5.06 Å². The van der Waals surface area contributed by atoms with Crippen LogP contribution in [0, 0.1) is 5.92 Å². The summed E-state index contributed by atoms with van der Waals surface area (Å²) in [6.07, 6.45) is -0.0958. The largest absolute Gasteiger partial charge is 0.477 e. The molecule has 2 aliphatic rings. The van der Waals surface area contributed by atoms with Crippen molar-refractivity contribution in [3.8, 4) is 0 Å². The van der Waals surface area contributed by atoms with Crippen molar-refractivity contribution in [3.63, 3.8) is 0 Å². The van der Waals surface area contributed by atoms with Gasteiger partial charge in [0.15, 0.2) is 10.8 Å². The number of carboxylic acid groups (broad SMARTS) is 1. The number of rotatable bonds is 8. The Hall–Kier alpha value is -4.04. The molecule has 2 unspecified atom stereocenters. The van der Waals surface area contributed by atoms with E-state index in [1.165, 1.54) is 12.5 Å².